The highest BCUT2D eigenvalue weighted by Gasteiger charge is 2.31. The molecule has 0 amide bonds. The summed E-state index contributed by atoms with van der Waals surface area (Å²) >= 11 is 0. The fourth-order valence-corrected chi connectivity index (χ4v) is 1.97. The van der Waals surface area contributed by atoms with Crippen molar-refractivity contribution in [2.24, 2.45) is 5.92 Å². The zero-order chi connectivity index (χ0) is 11.0. The van der Waals surface area contributed by atoms with Crippen molar-refractivity contribution in [2.75, 3.05) is 5.32 Å². The number of rotatable bonds is 1. The number of hydrogen-bond donors (Lipinski definition) is 2. The number of carboxylic acids is 1. The predicted octanol–water partition coefficient (Wildman–Crippen LogP) is 2.30. The Morgan fingerprint density at radius 1 is 1.56 bits per heavy atom. The lowest BCUT2D eigenvalue weighted by Crippen LogP contribution is -2.40. The fourth-order valence-electron chi connectivity index (χ4n) is 1.97. The van der Waals surface area contributed by atoms with E-state index in [-0.39, 0.29) is 24.1 Å². The fraction of sp³-hybridized carbons (Fsp3) is 0.364. The monoisotopic (exact) mass is 245 g/mol. The lowest BCUT2D eigenvalue weighted by Gasteiger charge is -2.29. The van der Waals surface area contributed by atoms with Crippen molar-refractivity contribution in [3.8, 4) is 0 Å². The zero-order valence-corrected chi connectivity index (χ0v) is 9.55. The van der Waals surface area contributed by atoms with Crippen LogP contribution in [-0.2, 0) is 11.2 Å². The third kappa shape index (κ3) is 2.11. The van der Waals surface area contributed by atoms with Crippen molar-refractivity contribution in [1.82, 2.24) is 0 Å². The van der Waals surface area contributed by atoms with Crippen LogP contribution in [-0.4, -0.2) is 17.1 Å². The van der Waals surface area contributed by atoms with Crippen molar-refractivity contribution < 1.29 is 14.3 Å². The summed E-state index contributed by atoms with van der Waals surface area (Å²) in [5.74, 6) is -1.35. The molecule has 1 aliphatic rings. The number of anilines is 1. The highest BCUT2D eigenvalue weighted by atomic mass is 35.5. The molecule has 0 bridgehead atoms. The van der Waals surface area contributed by atoms with Crippen LogP contribution in [0.3, 0.4) is 0 Å². The molecule has 0 aliphatic carbocycles. The van der Waals surface area contributed by atoms with Gasteiger partial charge >= 0.3 is 5.97 Å². The summed E-state index contributed by atoms with van der Waals surface area (Å²) in [5, 5.41) is 11.7. The van der Waals surface area contributed by atoms with Crippen molar-refractivity contribution in [2.45, 2.75) is 19.4 Å². The number of carboxylic acid groups (broad SMARTS) is 1. The first-order valence-corrected chi connectivity index (χ1v) is 4.86. The van der Waals surface area contributed by atoms with Gasteiger partial charge < -0.3 is 10.4 Å². The number of fused-ring (bicyclic) bond motifs is 1. The molecule has 2 unspecified atom stereocenters. The molecule has 3 nitrogen and oxygen atoms in total. The molecule has 1 aliphatic heterocycles. The second-order valence-electron chi connectivity index (χ2n) is 3.92. The number of carbonyl (C=O) groups is 1. The SMILES string of the molecule is CC1Cc2cccc(F)c2NC1C(=O)O.Cl. The molecule has 1 aromatic rings. The van der Waals surface area contributed by atoms with Crippen LogP contribution in [0.2, 0.25) is 0 Å². The average Bonchev–Trinajstić information content (AvgIpc) is 2.16. The highest BCUT2D eigenvalue weighted by Crippen LogP contribution is 2.30. The van der Waals surface area contributed by atoms with Gasteiger partial charge in [-0.15, -0.1) is 12.4 Å². The van der Waals surface area contributed by atoms with E-state index >= 15 is 0 Å². The molecule has 2 rings (SSSR count). The van der Waals surface area contributed by atoms with E-state index in [2.05, 4.69) is 5.32 Å². The van der Waals surface area contributed by atoms with E-state index in [4.69, 9.17) is 5.11 Å². The van der Waals surface area contributed by atoms with Gasteiger partial charge in [-0.3, -0.25) is 0 Å². The molecule has 1 heterocycles. The molecule has 1 aromatic carbocycles. The smallest absolute Gasteiger partial charge is 0.326 e. The summed E-state index contributed by atoms with van der Waals surface area (Å²) in [6.45, 7) is 1.85. The Bertz CT molecular complexity index is 411. The van der Waals surface area contributed by atoms with Crippen LogP contribution in [0.15, 0.2) is 18.2 Å². The first kappa shape index (κ1) is 12.8. The number of para-hydroxylation sites is 1. The van der Waals surface area contributed by atoms with Crippen LogP contribution in [0.4, 0.5) is 10.1 Å². The van der Waals surface area contributed by atoms with E-state index in [0.717, 1.165) is 5.56 Å². The third-order valence-electron chi connectivity index (χ3n) is 2.78. The standard InChI is InChI=1S/C11H12FNO2.ClH/c1-6-5-7-3-2-4-8(12)10(7)13-9(6)11(14)15;/h2-4,6,9,13H,5H2,1H3,(H,14,15);1H. The van der Waals surface area contributed by atoms with E-state index in [1.807, 2.05) is 13.0 Å². The first-order chi connectivity index (χ1) is 7.09. The lowest BCUT2D eigenvalue weighted by molar-refractivity contribution is -0.139. The third-order valence-corrected chi connectivity index (χ3v) is 2.78. The van der Waals surface area contributed by atoms with Crippen LogP contribution < -0.4 is 5.32 Å². The summed E-state index contributed by atoms with van der Waals surface area (Å²) in [4.78, 5) is 10.9. The van der Waals surface area contributed by atoms with Crippen molar-refractivity contribution in [3.05, 3.63) is 29.6 Å². The first-order valence-electron chi connectivity index (χ1n) is 4.86. The summed E-state index contributed by atoms with van der Waals surface area (Å²) in [6.07, 6.45) is 0.594. The summed E-state index contributed by atoms with van der Waals surface area (Å²) in [5.41, 5.74) is 1.18. The molecule has 16 heavy (non-hydrogen) atoms. The predicted molar refractivity (Wildman–Crippen MR) is 61.6 cm³/mol. The van der Waals surface area contributed by atoms with Gasteiger partial charge in [0.25, 0.3) is 0 Å². The second kappa shape index (κ2) is 4.70. The Balaban J connectivity index is 0.00000128. The molecule has 88 valence electrons. The van der Waals surface area contributed by atoms with Gasteiger partial charge in [0.1, 0.15) is 11.9 Å². The minimum atomic E-state index is -0.934. The average molecular weight is 246 g/mol. The van der Waals surface area contributed by atoms with Gasteiger partial charge in [0.2, 0.25) is 0 Å². The number of nitrogens with one attached hydrogen (secondary N) is 1. The van der Waals surface area contributed by atoms with Crippen LogP contribution in [0.25, 0.3) is 0 Å². The Kier molecular flexibility index (Phi) is 3.75. The van der Waals surface area contributed by atoms with Crippen LogP contribution >= 0.6 is 12.4 Å². The Labute approximate surface area is 99.1 Å². The van der Waals surface area contributed by atoms with Crippen molar-refractivity contribution in [1.29, 1.82) is 0 Å². The molecule has 5 heteroatoms. The van der Waals surface area contributed by atoms with Crippen LogP contribution in [0.5, 0.6) is 0 Å². The maximum absolute atomic E-state index is 13.4. The van der Waals surface area contributed by atoms with Gasteiger partial charge in [-0.2, -0.15) is 0 Å². The summed E-state index contributed by atoms with van der Waals surface area (Å²) < 4.78 is 13.4. The van der Waals surface area contributed by atoms with Gasteiger partial charge in [0.15, 0.2) is 0 Å². The summed E-state index contributed by atoms with van der Waals surface area (Å²) in [6, 6.07) is 4.10. The van der Waals surface area contributed by atoms with E-state index in [1.165, 1.54) is 6.07 Å². The summed E-state index contributed by atoms with van der Waals surface area (Å²) in [7, 11) is 0. The normalized spacial score (nSPS) is 22.6. The largest absolute Gasteiger partial charge is 0.480 e. The molecule has 0 radical (unpaired) electrons. The van der Waals surface area contributed by atoms with Crippen molar-refractivity contribution in [3.63, 3.8) is 0 Å². The maximum atomic E-state index is 13.4. The minimum absolute atomic E-state index is 0. The van der Waals surface area contributed by atoms with Gasteiger partial charge in [0.05, 0.1) is 5.69 Å². The Hall–Kier alpha value is -1.29. The quantitative estimate of drug-likeness (QED) is 0.798. The molecular weight excluding hydrogens is 233 g/mol. The maximum Gasteiger partial charge on any atom is 0.326 e. The van der Waals surface area contributed by atoms with Gasteiger partial charge in [0, 0.05) is 0 Å². The molecular formula is C11H13ClFNO2. The van der Waals surface area contributed by atoms with Gasteiger partial charge in [-0.1, -0.05) is 19.1 Å². The molecule has 0 fully saturated rings. The molecule has 2 atom stereocenters. The number of hydrogen-bond acceptors (Lipinski definition) is 2. The van der Waals surface area contributed by atoms with Gasteiger partial charge in [-0.25, -0.2) is 9.18 Å². The van der Waals surface area contributed by atoms with E-state index in [1.54, 1.807) is 6.07 Å². The molecule has 0 aromatic heterocycles. The molecule has 0 spiro atoms. The van der Waals surface area contributed by atoms with Crippen LogP contribution in [0.1, 0.15) is 12.5 Å². The number of benzene rings is 1. The second-order valence-corrected chi connectivity index (χ2v) is 3.92. The van der Waals surface area contributed by atoms with E-state index in [9.17, 15) is 9.18 Å². The zero-order valence-electron chi connectivity index (χ0n) is 8.74. The molecule has 0 saturated carbocycles. The Morgan fingerprint density at radius 3 is 2.88 bits per heavy atom. The Morgan fingerprint density at radius 2 is 2.25 bits per heavy atom. The number of aliphatic carboxylic acids is 1. The van der Waals surface area contributed by atoms with E-state index < -0.39 is 12.0 Å². The topological polar surface area (TPSA) is 49.3 Å². The van der Waals surface area contributed by atoms with Crippen molar-refractivity contribution >= 4 is 24.1 Å². The van der Waals surface area contributed by atoms with E-state index in [0.29, 0.717) is 12.1 Å². The minimum Gasteiger partial charge on any atom is -0.480 e. The number of halogens is 2. The van der Waals surface area contributed by atoms with Gasteiger partial charge in [-0.05, 0) is 24.0 Å². The lowest BCUT2D eigenvalue weighted by atomic mass is 9.88. The highest BCUT2D eigenvalue weighted by molar-refractivity contribution is 5.85. The molecule has 0 saturated heterocycles. The molecule has 2 N–H and O–H groups in total. The van der Waals surface area contributed by atoms with Crippen LogP contribution in [0, 0.1) is 11.7 Å².